The number of hydrogen-bond donors (Lipinski definition) is 2. The van der Waals surface area contributed by atoms with Crippen molar-refractivity contribution in [3.05, 3.63) is 58.2 Å². The van der Waals surface area contributed by atoms with Crippen LogP contribution in [0.1, 0.15) is 5.69 Å². The Morgan fingerprint density at radius 1 is 1.38 bits per heavy atom. The summed E-state index contributed by atoms with van der Waals surface area (Å²) >= 11 is 0. The number of carbonyl (C=O) groups is 1. The lowest BCUT2D eigenvalue weighted by Crippen LogP contribution is -2.16. The smallest absolute Gasteiger partial charge is 0.292 e. The van der Waals surface area contributed by atoms with Crippen LogP contribution in [-0.2, 0) is 11.2 Å². The van der Waals surface area contributed by atoms with Crippen molar-refractivity contribution in [3.63, 3.8) is 0 Å². The lowest BCUT2D eigenvalue weighted by molar-refractivity contribution is -0.384. The average Bonchev–Trinajstić information content (AvgIpc) is 2.41. The Balaban J connectivity index is 2.14. The first-order chi connectivity index (χ1) is 9.95. The second-order valence-corrected chi connectivity index (χ2v) is 4.23. The van der Waals surface area contributed by atoms with E-state index in [9.17, 15) is 19.3 Å². The predicted octanol–water partition coefficient (Wildman–Crippen LogP) is 1.89. The zero-order valence-corrected chi connectivity index (χ0v) is 10.7. The van der Waals surface area contributed by atoms with Crippen LogP contribution in [0.3, 0.4) is 0 Å². The number of hydrogen-bond acceptors (Lipinski definition) is 5. The molecule has 0 aliphatic heterocycles. The number of halogens is 1. The minimum absolute atomic E-state index is 0.103. The number of pyridine rings is 1. The van der Waals surface area contributed by atoms with Gasteiger partial charge in [-0.15, -0.1) is 0 Å². The van der Waals surface area contributed by atoms with E-state index in [2.05, 4.69) is 10.3 Å². The van der Waals surface area contributed by atoms with Crippen molar-refractivity contribution in [2.75, 3.05) is 11.1 Å². The van der Waals surface area contributed by atoms with Gasteiger partial charge >= 0.3 is 0 Å². The summed E-state index contributed by atoms with van der Waals surface area (Å²) in [6, 6.07) is 5.99. The quantitative estimate of drug-likeness (QED) is 0.659. The molecule has 0 bridgehead atoms. The van der Waals surface area contributed by atoms with E-state index in [1.807, 2.05) is 0 Å². The Hall–Kier alpha value is -3.03. The van der Waals surface area contributed by atoms with Gasteiger partial charge in [0.05, 0.1) is 23.2 Å². The third-order valence-electron chi connectivity index (χ3n) is 2.62. The molecule has 1 aromatic carbocycles. The number of anilines is 2. The minimum atomic E-state index is -0.698. The predicted molar refractivity (Wildman–Crippen MR) is 74.0 cm³/mol. The van der Waals surface area contributed by atoms with Crippen molar-refractivity contribution >= 4 is 23.0 Å². The van der Waals surface area contributed by atoms with E-state index in [1.165, 1.54) is 6.20 Å². The molecule has 1 amide bonds. The molecule has 8 heteroatoms. The van der Waals surface area contributed by atoms with E-state index < -0.39 is 16.6 Å². The third-order valence-corrected chi connectivity index (χ3v) is 2.62. The number of nitrogen functional groups attached to an aromatic ring is 1. The number of carbonyl (C=O) groups excluding carboxylic acids is 1. The van der Waals surface area contributed by atoms with Gasteiger partial charge in [0.1, 0.15) is 11.5 Å². The SMILES string of the molecule is Nc1ccc(CC(=O)Nc2cc(F)ccc2[N+](=O)[O-])nc1. The Morgan fingerprint density at radius 2 is 2.14 bits per heavy atom. The number of aromatic nitrogens is 1. The van der Waals surface area contributed by atoms with Crippen LogP contribution < -0.4 is 11.1 Å². The number of nitrogens with zero attached hydrogens (tertiary/aromatic N) is 2. The van der Waals surface area contributed by atoms with Gasteiger partial charge in [-0.05, 0) is 18.2 Å². The molecule has 0 aliphatic carbocycles. The Kier molecular flexibility index (Phi) is 4.07. The summed E-state index contributed by atoms with van der Waals surface area (Å²) in [5, 5.41) is 13.1. The van der Waals surface area contributed by atoms with E-state index in [4.69, 9.17) is 5.73 Å². The highest BCUT2D eigenvalue weighted by Crippen LogP contribution is 2.25. The molecule has 0 fully saturated rings. The van der Waals surface area contributed by atoms with Gasteiger partial charge in [0, 0.05) is 17.8 Å². The summed E-state index contributed by atoms with van der Waals surface area (Å²) in [6.07, 6.45) is 1.29. The molecule has 1 heterocycles. The van der Waals surface area contributed by atoms with Crippen molar-refractivity contribution in [1.82, 2.24) is 4.98 Å². The number of amides is 1. The van der Waals surface area contributed by atoms with Gasteiger partial charge in [0.25, 0.3) is 5.69 Å². The summed E-state index contributed by atoms with van der Waals surface area (Å²) in [5.41, 5.74) is 5.80. The number of nitrogens with two attached hydrogens (primary N) is 1. The molecule has 0 unspecified atom stereocenters. The fourth-order valence-corrected chi connectivity index (χ4v) is 1.67. The lowest BCUT2D eigenvalue weighted by atomic mass is 10.2. The molecule has 2 rings (SSSR count). The fraction of sp³-hybridized carbons (Fsp3) is 0.0769. The van der Waals surface area contributed by atoms with Crippen molar-refractivity contribution in [1.29, 1.82) is 0 Å². The van der Waals surface area contributed by atoms with E-state index in [-0.39, 0.29) is 17.8 Å². The van der Waals surface area contributed by atoms with Gasteiger partial charge in [-0.1, -0.05) is 0 Å². The molecule has 0 radical (unpaired) electrons. The standard InChI is InChI=1S/C13H11FN4O3/c14-8-1-4-12(18(20)21)11(5-8)17-13(19)6-10-3-2-9(15)7-16-10/h1-5,7H,6,15H2,(H,17,19). The monoisotopic (exact) mass is 290 g/mol. The highest BCUT2D eigenvalue weighted by atomic mass is 19.1. The second-order valence-electron chi connectivity index (χ2n) is 4.23. The maximum absolute atomic E-state index is 13.1. The van der Waals surface area contributed by atoms with Gasteiger partial charge in [-0.3, -0.25) is 19.9 Å². The summed E-state index contributed by atoms with van der Waals surface area (Å²) < 4.78 is 13.1. The van der Waals surface area contributed by atoms with Gasteiger partial charge in [0.15, 0.2) is 0 Å². The molecule has 0 saturated heterocycles. The summed E-state index contributed by atoms with van der Waals surface area (Å²) in [7, 11) is 0. The zero-order chi connectivity index (χ0) is 15.4. The molecular formula is C13H11FN4O3. The van der Waals surface area contributed by atoms with E-state index >= 15 is 0 Å². The van der Waals surface area contributed by atoms with Crippen LogP contribution in [0.15, 0.2) is 36.5 Å². The maximum atomic E-state index is 13.1. The number of benzene rings is 1. The first-order valence-corrected chi connectivity index (χ1v) is 5.90. The van der Waals surface area contributed by atoms with Gasteiger partial charge in [-0.25, -0.2) is 4.39 Å². The van der Waals surface area contributed by atoms with Gasteiger partial charge in [-0.2, -0.15) is 0 Å². The fourth-order valence-electron chi connectivity index (χ4n) is 1.67. The van der Waals surface area contributed by atoms with Crippen LogP contribution in [0, 0.1) is 15.9 Å². The first-order valence-electron chi connectivity index (χ1n) is 5.90. The van der Waals surface area contributed by atoms with Crippen molar-refractivity contribution in [2.45, 2.75) is 6.42 Å². The average molecular weight is 290 g/mol. The number of rotatable bonds is 4. The molecule has 21 heavy (non-hydrogen) atoms. The maximum Gasteiger partial charge on any atom is 0.292 e. The molecule has 1 aromatic heterocycles. The van der Waals surface area contributed by atoms with Crippen LogP contribution in [-0.4, -0.2) is 15.8 Å². The summed E-state index contributed by atoms with van der Waals surface area (Å²) in [4.78, 5) is 25.9. The topological polar surface area (TPSA) is 111 Å². The Bertz CT molecular complexity index is 688. The molecule has 0 saturated carbocycles. The summed E-state index contributed by atoms with van der Waals surface area (Å²) in [5.74, 6) is -1.22. The minimum Gasteiger partial charge on any atom is -0.397 e. The molecule has 3 N–H and O–H groups in total. The van der Waals surface area contributed by atoms with Crippen molar-refractivity contribution in [2.24, 2.45) is 0 Å². The third kappa shape index (κ3) is 3.72. The summed E-state index contributed by atoms with van der Waals surface area (Å²) in [6.45, 7) is 0. The molecule has 0 spiro atoms. The zero-order valence-electron chi connectivity index (χ0n) is 10.7. The molecule has 108 valence electrons. The van der Waals surface area contributed by atoms with Gasteiger partial charge < -0.3 is 11.1 Å². The number of nitro groups is 1. The van der Waals surface area contributed by atoms with Gasteiger partial charge in [0.2, 0.25) is 5.91 Å². The largest absolute Gasteiger partial charge is 0.397 e. The van der Waals surface area contributed by atoms with Crippen LogP contribution in [0.4, 0.5) is 21.5 Å². The first kappa shape index (κ1) is 14.4. The molecular weight excluding hydrogens is 279 g/mol. The Labute approximate surface area is 118 Å². The van der Waals surface area contributed by atoms with E-state index in [0.717, 1.165) is 18.2 Å². The van der Waals surface area contributed by atoms with E-state index in [1.54, 1.807) is 12.1 Å². The second kappa shape index (κ2) is 5.95. The Morgan fingerprint density at radius 3 is 2.76 bits per heavy atom. The van der Waals surface area contributed by atoms with Crippen LogP contribution >= 0.6 is 0 Å². The van der Waals surface area contributed by atoms with Crippen LogP contribution in [0.25, 0.3) is 0 Å². The van der Waals surface area contributed by atoms with Crippen LogP contribution in [0.5, 0.6) is 0 Å². The molecule has 0 atom stereocenters. The number of nitrogens with one attached hydrogen (secondary N) is 1. The highest BCUT2D eigenvalue weighted by Gasteiger charge is 2.17. The van der Waals surface area contributed by atoms with Crippen molar-refractivity contribution in [3.8, 4) is 0 Å². The highest BCUT2D eigenvalue weighted by molar-refractivity contribution is 5.94. The number of nitro benzene ring substituents is 1. The lowest BCUT2D eigenvalue weighted by Gasteiger charge is -2.06. The van der Waals surface area contributed by atoms with E-state index in [0.29, 0.717) is 11.4 Å². The van der Waals surface area contributed by atoms with Crippen molar-refractivity contribution < 1.29 is 14.1 Å². The van der Waals surface area contributed by atoms with Crippen LogP contribution in [0.2, 0.25) is 0 Å². The molecule has 0 aliphatic rings. The molecule has 7 nitrogen and oxygen atoms in total. The normalized spacial score (nSPS) is 10.1. The molecule has 2 aromatic rings.